The van der Waals surface area contributed by atoms with Crippen LogP contribution in [0.3, 0.4) is 0 Å². The maximum Gasteiger partial charge on any atom is 0.270 e. The van der Waals surface area contributed by atoms with Crippen LogP contribution >= 0.6 is 0 Å². The van der Waals surface area contributed by atoms with Crippen LogP contribution in [0.1, 0.15) is 27.4 Å². The number of methoxy groups -OCH3 is 1. The number of aromatic nitrogens is 2. The van der Waals surface area contributed by atoms with E-state index in [1.165, 1.54) is 11.1 Å². The minimum Gasteiger partial charge on any atom is -0.497 e. The van der Waals surface area contributed by atoms with Crippen LogP contribution in [-0.2, 0) is 12.8 Å². The number of carbonyl (C=O) groups excluding carboxylic acids is 1. The van der Waals surface area contributed by atoms with Crippen LogP contribution in [0.4, 0.5) is 5.82 Å². The number of nitrogens with one attached hydrogen (secondary N) is 2. The maximum atomic E-state index is 12.5. The summed E-state index contributed by atoms with van der Waals surface area (Å²) in [6.45, 7) is 3.05. The highest BCUT2D eigenvalue weighted by Gasteiger charge is 2.10. The summed E-state index contributed by atoms with van der Waals surface area (Å²) >= 11 is 0. The van der Waals surface area contributed by atoms with Crippen molar-refractivity contribution >= 4 is 11.7 Å². The SMILES string of the molecule is COc1ccc(CCNc2cc(C(=O)NCCc3ccccc3)nc(C)n2)cc1. The Hall–Kier alpha value is -3.41. The summed E-state index contributed by atoms with van der Waals surface area (Å²) in [6, 6.07) is 19.7. The number of ether oxygens (including phenoxy) is 1. The Morgan fingerprint density at radius 2 is 1.62 bits per heavy atom. The molecule has 0 bridgehead atoms. The second-order valence-electron chi connectivity index (χ2n) is 6.70. The van der Waals surface area contributed by atoms with E-state index in [0.29, 0.717) is 30.4 Å². The average molecular weight is 390 g/mol. The molecule has 0 unspecified atom stereocenters. The second kappa shape index (κ2) is 10.2. The average Bonchev–Trinajstić information content (AvgIpc) is 2.74. The molecule has 1 amide bonds. The van der Waals surface area contributed by atoms with E-state index in [9.17, 15) is 4.79 Å². The minimum atomic E-state index is -0.190. The molecule has 29 heavy (non-hydrogen) atoms. The van der Waals surface area contributed by atoms with Gasteiger partial charge >= 0.3 is 0 Å². The van der Waals surface area contributed by atoms with E-state index in [1.807, 2.05) is 54.6 Å². The van der Waals surface area contributed by atoms with Crippen molar-refractivity contribution in [2.45, 2.75) is 19.8 Å². The molecule has 1 aromatic heterocycles. The molecule has 0 aliphatic heterocycles. The molecule has 0 spiro atoms. The molecule has 6 nitrogen and oxygen atoms in total. The van der Waals surface area contributed by atoms with Crippen molar-refractivity contribution in [1.29, 1.82) is 0 Å². The van der Waals surface area contributed by atoms with Gasteiger partial charge in [-0.2, -0.15) is 0 Å². The van der Waals surface area contributed by atoms with E-state index in [1.54, 1.807) is 20.1 Å². The molecule has 0 saturated heterocycles. The fraction of sp³-hybridized carbons (Fsp3) is 0.261. The lowest BCUT2D eigenvalue weighted by atomic mass is 10.1. The van der Waals surface area contributed by atoms with Crippen LogP contribution in [0, 0.1) is 6.92 Å². The van der Waals surface area contributed by atoms with E-state index in [2.05, 4.69) is 20.6 Å². The largest absolute Gasteiger partial charge is 0.497 e. The lowest BCUT2D eigenvalue weighted by molar-refractivity contribution is 0.0949. The van der Waals surface area contributed by atoms with E-state index in [4.69, 9.17) is 4.74 Å². The molecule has 0 saturated carbocycles. The molecular formula is C23H26N4O2. The molecule has 150 valence electrons. The van der Waals surface area contributed by atoms with Crippen molar-refractivity contribution in [3.05, 3.63) is 83.3 Å². The van der Waals surface area contributed by atoms with Crippen LogP contribution in [0.2, 0.25) is 0 Å². The number of benzene rings is 2. The Balaban J connectivity index is 1.52. The molecule has 1 heterocycles. The third-order valence-corrected chi connectivity index (χ3v) is 4.49. The monoisotopic (exact) mass is 390 g/mol. The van der Waals surface area contributed by atoms with Gasteiger partial charge in [-0.3, -0.25) is 4.79 Å². The van der Waals surface area contributed by atoms with Crippen molar-refractivity contribution in [3.8, 4) is 5.75 Å². The van der Waals surface area contributed by atoms with E-state index in [0.717, 1.165) is 18.6 Å². The van der Waals surface area contributed by atoms with Gasteiger partial charge in [-0.25, -0.2) is 9.97 Å². The molecular weight excluding hydrogens is 364 g/mol. The standard InChI is InChI=1S/C23H26N4O2/c1-17-26-21(23(28)25-15-13-18-6-4-3-5-7-18)16-22(27-17)24-14-12-19-8-10-20(29-2)11-9-19/h3-11,16H,12-15H2,1-2H3,(H,25,28)(H,24,26,27). The molecule has 0 atom stereocenters. The number of hydrogen-bond acceptors (Lipinski definition) is 5. The zero-order valence-corrected chi connectivity index (χ0v) is 16.8. The molecule has 3 rings (SSSR count). The van der Waals surface area contributed by atoms with E-state index in [-0.39, 0.29) is 5.91 Å². The summed E-state index contributed by atoms with van der Waals surface area (Å²) in [5.74, 6) is 1.87. The molecule has 0 radical (unpaired) electrons. The van der Waals surface area contributed by atoms with Crippen LogP contribution in [0.15, 0.2) is 60.7 Å². The Kier molecular flexibility index (Phi) is 7.16. The van der Waals surface area contributed by atoms with Crippen LogP contribution in [0.25, 0.3) is 0 Å². The van der Waals surface area contributed by atoms with Crippen molar-refractivity contribution in [2.24, 2.45) is 0 Å². The fourth-order valence-corrected chi connectivity index (χ4v) is 2.96. The molecule has 6 heteroatoms. The Labute approximate surface area is 171 Å². The van der Waals surface area contributed by atoms with Gasteiger partial charge in [0.05, 0.1) is 7.11 Å². The van der Waals surface area contributed by atoms with Gasteiger partial charge in [0.1, 0.15) is 23.1 Å². The topological polar surface area (TPSA) is 76.1 Å². The number of carbonyl (C=O) groups is 1. The fourth-order valence-electron chi connectivity index (χ4n) is 2.96. The number of anilines is 1. The van der Waals surface area contributed by atoms with Crippen molar-refractivity contribution in [1.82, 2.24) is 15.3 Å². The first kappa shape index (κ1) is 20.3. The van der Waals surface area contributed by atoms with Gasteiger partial charge in [0.2, 0.25) is 0 Å². The highest BCUT2D eigenvalue weighted by atomic mass is 16.5. The van der Waals surface area contributed by atoms with Crippen molar-refractivity contribution in [2.75, 3.05) is 25.5 Å². The summed E-state index contributed by atoms with van der Waals surface area (Å²) in [7, 11) is 1.66. The van der Waals surface area contributed by atoms with Crippen molar-refractivity contribution < 1.29 is 9.53 Å². The predicted octanol–water partition coefficient (Wildman–Crippen LogP) is 3.42. The summed E-state index contributed by atoms with van der Waals surface area (Å²) in [5, 5.41) is 6.20. The van der Waals surface area contributed by atoms with Crippen LogP contribution < -0.4 is 15.4 Å². The summed E-state index contributed by atoms with van der Waals surface area (Å²) < 4.78 is 5.17. The smallest absolute Gasteiger partial charge is 0.270 e. The lowest BCUT2D eigenvalue weighted by Crippen LogP contribution is -2.27. The van der Waals surface area contributed by atoms with Gasteiger partial charge in [-0.05, 0) is 43.0 Å². The summed E-state index contributed by atoms with van der Waals surface area (Å²) in [4.78, 5) is 21.1. The normalized spacial score (nSPS) is 10.4. The Bertz CT molecular complexity index is 927. The number of nitrogens with zero attached hydrogens (tertiary/aromatic N) is 2. The second-order valence-corrected chi connectivity index (χ2v) is 6.70. The molecule has 2 N–H and O–H groups in total. The van der Waals surface area contributed by atoms with Gasteiger partial charge < -0.3 is 15.4 Å². The molecule has 0 aliphatic carbocycles. The van der Waals surface area contributed by atoms with Gasteiger partial charge in [-0.15, -0.1) is 0 Å². The van der Waals surface area contributed by atoms with Gasteiger partial charge in [0.15, 0.2) is 0 Å². The number of hydrogen-bond donors (Lipinski definition) is 2. The molecule has 3 aromatic rings. The number of rotatable bonds is 9. The maximum absolute atomic E-state index is 12.5. The Morgan fingerprint density at radius 1 is 0.931 bits per heavy atom. The number of amides is 1. The summed E-state index contributed by atoms with van der Waals surface area (Å²) in [6.07, 6.45) is 1.62. The Morgan fingerprint density at radius 3 is 2.34 bits per heavy atom. The van der Waals surface area contributed by atoms with Gasteiger partial charge in [0, 0.05) is 19.2 Å². The van der Waals surface area contributed by atoms with Crippen LogP contribution in [0.5, 0.6) is 5.75 Å². The first-order valence-electron chi connectivity index (χ1n) is 9.68. The zero-order valence-electron chi connectivity index (χ0n) is 16.8. The third kappa shape index (κ3) is 6.31. The first-order chi connectivity index (χ1) is 14.1. The highest BCUT2D eigenvalue weighted by molar-refractivity contribution is 5.92. The molecule has 0 aliphatic rings. The highest BCUT2D eigenvalue weighted by Crippen LogP contribution is 2.12. The van der Waals surface area contributed by atoms with E-state index < -0.39 is 0 Å². The lowest BCUT2D eigenvalue weighted by Gasteiger charge is -2.10. The van der Waals surface area contributed by atoms with Crippen molar-refractivity contribution in [3.63, 3.8) is 0 Å². The summed E-state index contributed by atoms with van der Waals surface area (Å²) in [5.41, 5.74) is 2.76. The van der Waals surface area contributed by atoms with E-state index >= 15 is 0 Å². The minimum absolute atomic E-state index is 0.190. The van der Waals surface area contributed by atoms with Gasteiger partial charge in [0.25, 0.3) is 5.91 Å². The third-order valence-electron chi connectivity index (χ3n) is 4.49. The van der Waals surface area contributed by atoms with Crippen LogP contribution in [-0.4, -0.2) is 36.1 Å². The number of aryl methyl sites for hydroxylation is 1. The molecule has 0 fully saturated rings. The quantitative estimate of drug-likeness (QED) is 0.585. The predicted molar refractivity (Wildman–Crippen MR) is 114 cm³/mol. The first-order valence-corrected chi connectivity index (χ1v) is 9.68. The molecule has 2 aromatic carbocycles. The zero-order chi connectivity index (χ0) is 20.5. The van der Waals surface area contributed by atoms with Gasteiger partial charge in [-0.1, -0.05) is 42.5 Å².